The van der Waals surface area contributed by atoms with Crippen LogP contribution in [0, 0.1) is 5.92 Å². The first kappa shape index (κ1) is 23.6. The topological polar surface area (TPSA) is 126 Å². The van der Waals surface area contributed by atoms with Gasteiger partial charge in [-0.1, -0.05) is 30.3 Å². The molecule has 3 fully saturated rings. The molecule has 2 saturated heterocycles. The number of aromatic nitrogens is 4. The van der Waals surface area contributed by atoms with Crippen molar-refractivity contribution in [1.29, 1.82) is 0 Å². The molecular weight excluding hydrogens is 484 g/mol. The maximum atomic E-state index is 13.3. The first-order valence-corrected chi connectivity index (χ1v) is 12.9. The summed E-state index contributed by atoms with van der Waals surface area (Å²) in [5.74, 6) is 0.713. The molecule has 10 nitrogen and oxygen atoms in total. The van der Waals surface area contributed by atoms with E-state index in [0.717, 1.165) is 32.1 Å². The van der Waals surface area contributed by atoms with Crippen molar-refractivity contribution in [3.8, 4) is 0 Å². The smallest absolute Gasteiger partial charge is 0.254 e. The molecule has 36 heavy (non-hydrogen) atoms. The fourth-order valence-corrected chi connectivity index (χ4v) is 5.34. The van der Waals surface area contributed by atoms with Crippen LogP contribution >= 0.6 is 11.6 Å². The van der Waals surface area contributed by atoms with Crippen molar-refractivity contribution in [2.75, 3.05) is 18.4 Å². The normalized spacial score (nSPS) is 27.0. The van der Waals surface area contributed by atoms with E-state index < -0.39 is 24.5 Å². The molecule has 1 amide bonds. The molecule has 2 aromatic heterocycles. The predicted molar refractivity (Wildman–Crippen MR) is 132 cm³/mol. The molecule has 1 saturated carbocycles. The van der Waals surface area contributed by atoms with Gasteiger partial charge in [0.05, 0.1) is 6.33 Å². The molecule has 3 aliphatic rings. The van der Waals surface area contributed by atoms with Crippen LogP contribution in [0.4, 0.5) is 5.82 Å². The van der Waals surface area contributed by atoms with E-state index in [2.05, 4.69) is 32.4 Å². The van der Waals surface area contributed by atoms with Gasteiger partial charge in [0.2, 0.25) is 5.28 Å². The first-order chi connectivity index (χ1) is 17.5. The summed E-state index contributed by atoms with van der Waals surface area (Å²) in [6.07, 6.45) is 1.41. The maximum Gasteiger partial charge on any atom is 0.254 e. The summed E-state index contributed by atoms with van der Waals surface area (Å²) in [6.45, 7) is 1.19. The second kappa shape index (κ2) is 9.59. The third kappa shape index (κ3) is 4.54. The maximum absolute atomic E-state index is 13.3. The van der Waals surface area contributed by atoms with Crippen LogP contribution in [0.15, 0.2) is 36.7 Å². The minimum absolute atomic E-state index is 0.0337. The molecule has 190 valence electrons. The number of nitrogens with zero attached hydrogens (tertiary/aromatic N) is 5. The van der Waals surface area contributed by atoms with Crippen LogP contribution in [-0.2, 0) is 16.0 Å². The molecule has 0 radical (unpaired) electrons. The number of aliphatic hydroxyl groups excluding tert-OH is 2. The third-order valence-electron chi connectivity index (χ3n) is 7.36. The monoisotopic (exact) mass is 512 g/mol. The van der Waals surface area contributed by atoms with Gasteiger partial charge in [0.1, 0.15) is 12.2 Å². The van der Waals surface area contributed by atoms with Gasteiger partial charge >= 0.3 is 0 Å². The second-order valence-corrected chi connectivity index (χ2v) is 10.3. The Morgan fingerprint density at radius 1 is 1.08 bits per heavy atom. The lowest BCUT2D eigenvalue weighted by Gasteiger charge is -2.34. The molecule has 0 spiro atoms. The number of benzene rings is 1. The van der Waals surface area contributed by atoms with Crippen LogP contribution < -0.4 is 5.32 Å². The van der Waals surface area contributed by atoms with Crippen LogP contribution in [0.5, 0.6) is 0 Å². The Kier molecular flexibility index (Phi) is 6.28. The van der Waals surface area contributed by atoms with E-state index in [1.165, 1.54) is 16.5 Å². The number of carbonyl (C=O) groups is 1. The SMILES string of the molecule is O=C([C@H]1O[C@@H](n2cnc3c(NC4CC4)nc(Cl)nc32)[C@H](O)[C@@H]1O)N1CCC(Cc2ccccc2)CC1. The minimum atomic E-state index is -1.37. The molecular formula is C25H29ClN6O4. The highest BCUT2D eigenvalue weighted by Gasteiger charge is 2.49. The lowest BCUT2D eigenvalue weighted by atomic mass is 9.90. The molecule has 1 aromatic carbocycles. The number of ether oxygens (including phenoxy) is 1. The van der Waals surface area contributed by atoms with Crippen LogP contribution in [0.25, 0.3) is 11.2 Å². The third-order valence-corrected chi connectivity index (χ3v) is 7.53. The van der Waals surface area contributed by atoms with Crippen molar-refractivity contribution in [2.24, 2.45) is 5.92 Å². The van der Waals surface area contributed by atoms with E-state index in [9.17, 15) is 15.0 Å². The number of carbonyl (C=O) groups excluding carboxylic acids is 1. The van der Waals surface area contributed by atoms with E-state index in [4.69, 9.17) is 16.3 Å². The molecule has 11 heteroatoms. The minimum Gasteiger partial charge on any atom is -0.387 e. The quantitative estimate of drug-likeness (QED) is 0.429. The molecule has 0 bridgehead atoms. The highest BCUT2D eigenvalue weighted by molar-refractivity contribution is 6.28. The highest BCUT2D eigenvalue weighted by atomic mass is 35.5. The Morgan fingerprint density at radius 2 is 1.83 bits per heavy atom. The molecule has 4 atom stereocenters. The number of halogens is 1. The Balaban J connectivity index is 1.15. The molecule has 0 unspecified atom stereocenters. The number of aliphatic hydroxyl groups is 2. The summed E-state index contributed by atoms with van der Waals surface area (Å²) < 4.78 is 7.47. The van der Waals surface area contributed by atoms with Crippen LogP contribution in [0.3, 0.4) is 0 Å². The van der Waals surface area contributed by atoms with Gasteiger partial charge < -0.3 is 25.2 Å². The number of anilines is 1. The van der Waals surface area contributed by atoms with Gasteiger partial charge in [-0.05, 0) is 55.2 Å². The summed E-state index contributed by atoms with van der Waals surface area (Å²) in [6, 6.07) is 10.7. The summed E-state index contributed by atoms with van der Waals surface area (Å²) in [7, 11) is 0. The van der Waals surface area contributed by atoms with Crippen LogP contribution in [0.1, 0.15) is 37.5 Å². The average Bonchev–Trinajstić information content (AvgIpc) is 3.53. The van der Waals surface area contributed by atoms with Crippen LogP contribution in [0.2, 0.25) is 5.28 Å². The van der Waals surface area contributed by atoms with Crippen molar-refractivity contribution in [1.82, 2.24) is 24.4 Å². The van der Waals surface area contributed by atoms with Gasteiger partial charge in [-0.3, -0.25) is 9.36 Å². The van der Waals surface area contributed by atoms with Crippen molar-refractivity contribution >= 4 is 34.5 Å². The molecule has 3 aromatic rings. The molecule has 1 aliphatic carbocycles. The predicted octanol–water partition coefficient (Wildman–Crippen LogP) is 2.15. The van der Waals surface area contributed by atoms with Crippen molar-refractivity contribution in [3.63, 3.8) is 0 Å². The summed E-state index contributed by atoms with van der Waals surface area (Å²) in [4.78, 5) is 27.9. The summed E-state index contributed by atoms with van der Waals surface area (Å²) in [5.41, 5.74) is 2.16. The standard InChI is InChI=1S/C25H29ClN6O4/c26-25-29-21(28-16-6-7-16)17-22(30-25)32(13-27-17)24-19(34)18(33)20(36-24)23(35)31-10-8-15(9-11-31)12-14-4-2-1-3-5-14/h1-5,13,15-16,18-20,24,33-34H,6-12H2,(H,28,29,30)/t18-,19+,20-,24+/m0/s1. The number of rotatable bonds is 6. The van der Waals surface area contributed by atoms with Crippen molar-refractivity contribution in [2.45, 2.75) is 62.7 Å². The van der Waals surface area contributed by atoms with Gasteiger partial charge in [0.15, 0.2) is 29.3 Å². The lowest BCUT2D eigenvalue weighted by molar-refractivity contribution is -0.150. The van der Waals surface area contributed by atoms with E-state index in [1.54, 1.807) is 4.90 Å². The van der Waals surface area contributed by atoms with Gasteiger partial charge in [0, 0.05) is 19.1 Å². The fourth-order valence-electron chi connectivity index (χ4n) is 5.18. The fraction of sp³-hybridized carbons (Fsp3) is 0.520. The van der Waals surface area contributed by atoms with Gasteiger partial charge in [0.25, 0.3) is 5.91 Å². The number of hydrogen-bond acceptors (Lipinski definition) is 8. The zero-order valence-electron chi connectivity index (χ0n) is 19.7. The number of piperidine rings is 1. The van der Waals surface area contributed by atoms with E-state index in [1.807, 2.05) is 18.2 Å². The lowest BCUT2D eigenvalue weighted by Crippen LogP contribution is -2.48. The average molecular weight is 513 g/mol. The van der Waals surface area contributed by atoms with Gasteiger partial charge in [-0.15, -0.1) is 0 Å². The zero-order valence-corrected chi connectivity index (χ0v) is 20.5. The second-order valence-electron chi connectivity index (χ2n) is 9.97. The zero-order chi connectivity index (χ0) is 24.8. The number of hydrogen-bond donors (Lipinski definition) is 3. The van der Waals surface area contributed by atoms with Crippen LogP contribution in [-0.4, -0.2) is 78.0 Å². The highest BCUT2D eigenvalue weighted by Crippen LogP contribution is 2.35. The number of fused-ring (bicyclic) bond motifs is 1. The van der Waals surface area contributed by atoms with E-state index >= 15 is 0 Å². The molecule has 4 heterocycles. The molecule has 2 aliphatic heterocycles. The Hall–Kier alpha value is -2.79. The number of likely N-dealkylation sites (tertiary alicyclic amines) is 1. The number of amides is 1. The summed E-state index contributed by atoms with van der Waals surface area (Å²) in [5, 5.41) is 24.9. The molecule has 6 rings (SSSR count). The number of nitrogens with one attached hydrogen (secondary N) is 1. The molecule has 3 N–H and O–H groups in total. The van der Waals surface area contributed by atoms with Crippen molar-refractivity contribution in [3.05, 3.63) is 47.5 Å². The van der Waals surface area contributed by atoms with E-state index in [-0.39, 0.29) is 11.2 Å². The Morgan fingerprint density at radius 3 is 2.56 bits per heavy atom. The van der Waals surface area contributed by atoms with E-state index in [0.29, 0.717) is 42.0 Å². The summed E-state index contributed by atoms with van der Waals surface area (Å²) >= 11 is 6.15. The van der Waals surface area contributed by atoms with Crippen molar-refractivity contribution < 1.29 is 19.7 Å². The number of imidazole rings is 1. The Bertz CT molecular complexity index is 1240. The largest absolute Gasteiger partial charge is 0.387 e. The first-order valence-electron chi connectivity index (χ1n) is 12.5. The Labute approximate surface area is 213 Å². The van der Waals surface area contributed by atoms with Gasteiger partial charge in [-0.2, -0.15) is 9.97 Å². The van der Waals surface area contributed by atoms with Gasteiger partial charge in [-0.25, -0.2) is 4.98 Å².